The number of thiazole rings is 1. The Kier molecular flexibility index (Phi) is 4.31. The molecular weight excluding hydrogens is 308 g/mol. The van der Waals surface area contributed by atoms with Crippen LogP contribution in [0.2, 0.25) is 0 Å². The van der Waals surface area contributed by atoms with E-state index in [-0.39, 0.29) is 0 Å². The fraction of sp³-hybridized carbons (Fsp3) is 0.688. The maximum absolute atomic E-state index is 4.52. The van der Waals surface area contributed by atoms with Gasteiger partial charge in [-0.2, -0.15) is 0 Å². The van der Waals surface area contributed by atoms with E-state index in [1.165, 1.54) is 25.9 Å². The number of likely N-dealkylation sites (tertiary alicyclic amines) is 1. The van der Waals surface area contributed by atoms with Gasteiger partial charge in [0.2, 0.25) is 0 Å². The molecule has 4 rings (SSSR count). The molecule has 2 saturated heterocycles. The normalized spacial score (nSPS) is 20.5. The summed E-state index contributed by atoms with van der Waals surface area (Å²) in [6, 6.07) is 0. The maximum Gasteiger partial charge on any atom is 0.185 e. The summed E-state index contributed by atoms with van der Waals surface area (Å²) in [4.78, 5) is 9.30. The van der Waals surface area contributed by atoms with Gasteiger partial charge in [-0.15, -0.1) is 21.5 Å². The van der Waals surface area contributed by atoms with Crippen LogP contribution in [0, 0.1) is 0 Å². The van der Waals surface area contributed by atoms with Crippen molar-refractivity contribution in [3.8, 4) is 0 Å². The van der Waals surface area contributed by atoms with Gasteiger partial charge in [0, 0.05) is 37.6 Å². The first kappa shape index (κ1) is 15.1. The minimum atomic E-state index is 0.524. The summed E-state index contributed by atoms with van der Waals surface area (Å²) in [5.74, 6) is 2.80. The number of rotatable bonds is 4. The van der Waals surface area contributed by atoms with Crippen LogP contribution in [-0.4, -0.2) is 50.8 Å². The lowest BCUT2D eigenvalue weighted by atomic mass is 9.96. The highest BCUT2D eigenvalue weighted by molar-refractivity contribution is 7.13. The lowest BCUT2D eigenvalue weighted by Gasteiger charge is -2.31. The molecule has 0 radical (unpaired) electrons. The van der Waals surface area contributed by atoms with Crippen molar-refractivity contribution in [2.75, 3.05) is 31.1 Å². The van der Waals surface area contributed by atoms with Crippen molar-refractivity contribution in [1.29, 1.82) is 0 Å². The zero-order valence-corrected chi connectivity index (χ0v) is 14.5. The van der Waals surface area contributed by atoms with Crippen LogP contribution in [0.1, 0.15) is 43.3 Å². The van der Waals surface area contributed by atoms with Crippen LogP contribution in [0.5, 0.6) is 0 Å². The first-order chi connectivity index (χ1) is 11.3. The van der Waals surface area contributed by atoms with E-state index < -0.39 is 0 Å². The summed E-state index contributed by atoms with van der Waals surface area (Å²) in [7, 11) is 2.13. The Labute approximate surface area is 141 Å². The van der Waals surface area contributed by atoms with Crippen LogP contribution in [0.4, 0.5) is 5.13 Å². The smallest absolute Gasteiger partial charge is 0.185 e. The molecular formula is C16H24N6S. The average Bonchev–Trinajstić information content (AvgIpc) is 3.32. The minimum Gasteiger partial charge on any atom is -0.348 e. The van der Waals surface area contributed by atoms with Crippen molar-refractivity contribution < 1.29 is 0 Å². The van der Waals surface area contributed by atoms with Crippen LogP contribution in [0.3, 0.4) is 0 Å². The average molecular weight is 332 g/mol. The molecule has 0 bridgehead atoms. The molecule has 23 heavy (non-hydrogen) atoms. The summed E-state index contributed by atoms with van der Waals surface area (Å²) < 4.78 is 2.24. The molecule has 0 spiro atoms. The number of anilines is 1. The SMILES string of the molecule is Cn1c(CN2CCCC2)nnc1C1CCN(c2nccs2)CC1. The van der Waals surface area contributed by atoms with E-state index in [4.69, 9.17) is 0 Å². The predicted octanol–water partition coefficient (Wildman–Crippen LogP) is 2.25. The fourth-order valence-electron chi connectivity index (χ4n) is 3.71. The third-order valence-corrected chi connectivity index (χ3v) is 5.94. The van der Waals surface area contributed by atoms with E-state index in [1.54, 1.807) is 11.3 Å². The maximum atomic E-state index is 4.52. The zero-order valence-electron chi connectivity index (χ0n) is 13.7. The second-order valence-electron chi connectivity index (χ2n) is 6.59. The van der Waals surface area contributed by atoms with Crippen molar-refractivity contribution in [2.45, 2.75) is 38.1 Å². The number of aromatic nitrogens is 4. The van der Waals surface area contributed by atoms with Crippen LogP contribution < -0.4 is 4.90 Å². The van der Waals surface area contributed by atoms with E-state index in [9.17, 15) is 0 Å². The summed E-state index contributed by atoms with van der Waals surface area (Å²) in [6.45, 7) is 5.48. The summed E-state index contributed by atoms with van der Waals surface area (Å²) >= 11 is 1.73. The van der Waals surface area contributed by atoms with Crippen LogP contribution in [0.15, 0.2) is 11.6 Å². The van der Waals surface area contributed by atoms with Crippen molar-refractivity contribution in [1.82, 2.24) is 24.6 Å². The Hall–Kier alpha value is -1.47. The van der Waals surface area contributed by atoms with Gasteiger partial charge in [0.25, 0.3) is 0 Å². The molecule has 6 nitrogen and oxygen atoms in total. The van der Waals surface area contributed by atoms with E-state index in [0.717, 1.165) is 49.3 Å². The Balaban J connectivity index is 1.40. The molecule has 4 heterocycles. The quantitative estimate of drug-likeness (QED) is 0.859. The predicted molar refractivity (Wildman–Crippen MR) is 91.8 cm³/mol. The van der Waals surface area contributed by atoms with E-state index in [0.29, 0.717) is 5.92 Å². The standard InChI is InChI=1S/C16H24N6S/c1-20-14(12-21-7-2-3-8-21)18-19-15(20)13-4-9-22(10-5-13)16-17-6-11-23-16/h6,11,13H,2-5,7-10,12H2,1H3. The molecule has 0 amide bonds. The lowest BCUT2D eigenvalue weighted by Crippen LogP contribution is -2.33. The highest BCUT2D eigenvalue weighted by Gasteiger charge is 2.26. The Morgan fingerprint density at radius 2 is 1.91 bits per heavy atom. The van der Waals surface area contributed by atoms with Crippen LogP contribution in [0.25, 0.3) is 0 Å². The number of hydrogen-bond acceptors (Lipinski definition) is 6. The number of piperidine rings is 1. The fourth-order valence-corrected chi connectivity index (χ4v) is 4.41. The summed E-state index contributed by atoms with van der Waals surface area (Å²) in [6.07, 6.45) is 6.80. The van der Waals surface area contributed by atoms with Crippen molar-refractivity contribution >= 4 is 16.5 Å². The summed E-state index contributed by atoms with van der Waals surface area (Å²) in [5.41, 5.74) is 0. The molecule has 2 aliphatic rings. The molecule has 0 aromatic carbocycles. The monoisotopic (exact) mass is 332 g/mol. The van der Waals surface area contributed by atoms with Crippen LogP contribution in [-0.2, 0) is 13.6 Å². The van der Waals surface area contributed by atoms with Gasteiger partial charge in [0.15, 0.2) is 5.13 Å². The molecule has 7 heteroatoms. The largest absolute Gasteiger partial charge is 0.348 e. The highest BCUT2D eigenvalue weighted by Crippen LogP contribution is 2.30. The van der Waals surface area contributed by atoms with E-state index >= 15 is 0 Å². The molecule has 2 aromatic rings. The van der Waals surface area contributed by atoms with E-state index in [2.05, 4.69) is 42.0 Å². The second kappa shape index (κ2) is 6.57. The molecule has 124 valence electrons. The third kappa shape index (κ3) is 3.12. The lowest BCUT2D eigenvalue weighted by molar-refractivity contribution is 0.317. The number of hydrogen-bond donors (Lipinski definition) is 0. The highest BCUT2D eigenvalue weighted by atomic mass is 32.1. The van der Waals surface area contributed by atoms with Crippen molar-refractivity contribution in [3.63, 3.8) is 0 Å². The molecule has 0 N–H and O–H groups in total. The van der Waals surface area contributed by atoms with Gasteiger partial charge in [0.1, 0.15) is 11.6 Å². The van der Waals surface area contributed by atoms with Gasteiger partial charge >= 0.3 is 0 Å². The van der Waals surface area contributed by atoms with Gasteiger partial charge in [-0.05, 0) is 38.8 Å². The van der Waals surface area contributed by atoms with Crippen LogP contribution >= 0.6 is 11.3 Å². The first-order valence-corrected chi connectivity index (χ1v) is 9.44. The Morgan fingerprint density at radius 3 is 2.61 bits per heavy atom. The molecule has 0 atom stereocenters. The second-order valence-corrected chi connectivity index (χ2v) is 7.47. The van der Waals surface area contributed by atoms with Crippen molar-refractivity contribution in [3.05, 3.63) is 23.2 Å². The molecule has 2 fully saturated rings. The van der Waals surface area contributed by atoms with Gasteiger partial charge in [0.05, 0.1) is 6.54 Å². The third-order valence-electron chi connectivity index (χ3n) is 5.11. The first-order valence-electron chi connectivity index (χ1n) is 8.56. The van der Waals surface area contributed by atoms with Gasteiger partial charge < -0.3 is 9.47 Å². The van der Waals surface area contributed by atoms with Gasteiger partial charge in [-0.3, -0.25) is 4.90 Å². The minimum absolute atomic E-state index is 0.524. The van der Waals surface area contributed by atoms with Gasteiger partial charge in [-0.25, -0.2) is 4.98 Å². The Morgan fingerprint density at radius 1 is 1.13 bits per heavy atom. The topological polar surface area (TPSA) is 50.1 Å². The molecule has 0 aliphatic carbocycles. The molecule has 0 saturated carbocycles. The molecule has 0 unspecified atom stereocenters. The zero-order chi connectivity index (χ0) is 15.6. The summed E-state index contributed by atoms with van der Waals surface area (Å²) in [5, 5.41) is 12.2. The van der Waals surface area contributed by atoms with E-state index in [1.807, 2.05) is 6.20 Å². The van der Waals surface area contributed by atoms with Crippen molar-refractivity contribution in [2.24, 2.45) is 7.05 Å². The molecule has 2 aromatic heterocycles. The van der Waals surface area contributed by atoms with Gasteiger partial charge in [-0.1, -0.05) is 0 Å². The molecule has 2 aliphatic heterocycles. The number of nitrogens with zero attached hydrogens (tertiary/aromatic N) is 6. The Bertz CT molecular complexity index is 623.